The van der Waals surface area contributed by atoms with Crippen molar-refractivity contribution in [2.24, 2.45) is 0 Å². The molecule has 90 valence electrons. The van der Waals surface area contributed by atoms with E-state index in [1.807, 2.05) is 31.3 Å². The van der Waals surface area contributed by atoms with Crippen molar-refractivity contribution >= 4 is 26.7 Å². The van der Waals surface area contributed by atoms with Crippen LogP contribution >= 0.6 is 15.9 Å². The van der Waals surface area contributed by atoms with Crippen LogP contribution in [0, 0.1) is 0 Å². The van der Waals surface area contributed by atoms with Gasteiger partial charge in [-0.05, 0) is 51.1 Å². The molecule has 0 heterocycles. The maximum absolute atomic E-state index is 11.9. The lowest BCUT2D eigenvalue weighted by molar-refractivity contribution is 0.557. The molecule has 1 aromatic rings. The molecule has 2 atom stereocenters. The van der Waals surface area contributed by atoms with Gasteiger partial charge in [-0.25, -0.2) is 0 Å². The lowest BCUT2D eigenvalue weighted by atomic mass is 10.2. The lowest BCUT2D eigenvalue weighted by Crippen LogP contribution is -2.21. The van der Waals surface area contributed by atoms with E-state index in [0.29, 0.717) is 6.04 Å². The van der Waals surface area contributed by atoms with E-state index in [-0.39, 0.29) is 0 Å². The van der Waals surface area contributed by atoms with Gasteiger partial charge in [0, 0.05) is 21.2 Å². The van der Waals surface area contributed by atoms with Crippen LogP contribution in [-0.4, -0.2) is 23.1 Å². The summed E-state index contributed by atoms with van der Waals surface area (Å²) in [4.78, 5) is 0.917. The third kappa shape index (κ3) is 4.76. The Morgan fingerprint density at radius 3 is 2.56 bits per heavy atom. The summed E-state index contributed by atoms with van der Waals surface area (Å²) in [6.07, 6.45) is 2.06. The van der Waals surface area contributed by atoms with Gasteiger partial charge in [-0.2, -0.15) is 0 Å². The maximum Gasteiger partial charge on any atom is 0.0529 e. The Morgan fingerprint density at radius 1 is 1.38 bits per heavy atom. The van der Waals surface area contributed by atoms with Crippen molar-refractivity contribution in [1.82, 2.24) is 5.32 Å². The van der Waals surface area contributed by atoms with E-state index in [4.69, 9.17) is 0 Å². The predicted molar refractivity (Wildman–Crippen MR) is 73.2 cm³/mol. The van der Waals surface area contributed by atoms with E-state index < -0.39 is 10.8 Å². The van der Waals surface area contributed by atoms with Gasteiger partial charge in [0.15, 0.2) is 0 Å². The van der Waals surface area contributed by atoms with Crippen molar-refractivity contribution in [2.75, 3.05) is 12.8 Å². The van der Waals surface area contributed by atoms with Crippen molar-refractivity contribution in [1.29, 1.82) is 0 Å². The minimum absolute atomic E-state index is 0.502. The quantitative estimate of drug-likeness (QED) is 0.875. The minimum atomic E-state index is -0.859. The van der Waals surface area contributed by atoms with Gasteiger partial charge in [0.2, 0.25) is 0 Å². The Labute approximate surface area is 108 Å². The smallest absolute Gasteiger partial charge is 0.0529 e. The molecule has 0 bridgehead atoms. The highest BCUT2D eigenvalue weighted by atomic mass is 79.9. The molecular weight excluding hydrogens is 286 g/mol. The summed E-state index contributed by atoms with van der Waals surface area (Å²) in [6.45, 7) is 2.14. The highest BCUT2D eigenvalue weighted by Crippen LogP contribution is 2.14. The molecule has 1 rings (SSSR count). The van der Waals surface area contributed by atoms with E-state index in [0.717, 1.165) is 28.0 Å². The Kier molecular flexibility index (Phi) is 6.24. The average molecular weight is 304 g/mol. The van der Waals surface area contributed by atoms with Crippen LogP contribution < -0.4 is 5.32 Å². The van der Waals surface area contributed by atoms with Gasteiger partial charge in [-0.1, -0.05) is 15.9 Å². The SMILES string of the molecule is CNC(C)CCCS(=O)c1ccc(Br)cc1. The van der Waals surface area contributed by atoms with Crippen LogP contribution in [0.4, 0.5) is 0 Å². The third-order valence-electron chi connectivity index (χ3n) is 2.54. The normalized spacial score (nSPS) is 14.7. The van der Waals surface area contributed by atoms with Crippen molar-refractivity contribution in [3.05, 3.63) is 28.7 Å². The van der Waals surface area contributed by atoms with Crippen LogP contribution in [0.15, 0.2) is 33.6 Å². The van der Waals surface area contributed by atoms with E-state index in [1.165, 1.54) is 0 Å². The zero-order chi connectivity index (χ0) is 12.0. The second-order valence-electron chi connectivity index (χ2n) is 3.84. The molecule has 0 spiro atoms. The molecule has 0 radical (unpaired) electrons. The van der Waals surface area contributed by atoms with E-state index >= 15 is 0 Å². The topological polar surface area (TPSA) is 29.1 Å². The second-order valence-corrected chi connectivity index (χ2v) is 6.32. The monoisotopic (exact) mass is 303 g/mol. The van der Waals surface area contributed by atoms with Gasteiger partial charge in [0.25, 0.3) is 0 Å². The van der Waals surface area contributed by atoms with Gasteiger partial charge < -0.3 is 5.32 Å². The Morgan fingerprint density at radius 2 is 2.00 bits per heavy atom. The van der Waals surface area contributed by atoms with E-state index in [1.54, 1.807) is 0 Å². The summed E-state index contributed by atoms with van der Waals surface area (Å²) in [6, 6.07) is 8.21. The molecule has 0 aliphatic heterocycles. The zero-order valence-corrected chi connectivity index (χ0v) is 12.1. The third-order valence-corrected chi connectivity index (χ3v) is 4.52. The highest BCUT2D eigenvalue weighted by molar-refractivity contribution is 9.10. The van der Waals surface area contributed by atoms with Crippen LogP contribution in [0.1, 0.15) is 19.8 Å². The number of hydrogen-bond donors (Lipinski definition) is 1. The molecule has 0 saturated carbocycles. The summed E-state index contributed by atoms with van der Waals surface area (Å²) in [7, 11) is 1.10. The van der Waals surface area contributed by atoms with E-state index in [9.17, 15) is 4.21 Å². The van der Waals surface area contributed by atoms with Crippen LogP contribution in [0.5, 0.6) is 0 Å². The molecule has 2 nitrogen and oxygen atoms in total. The summed E-state index contributed by atoms with van der Waals surface area (Å²) < 4.78 is 12.9. The van der Waals surface area contributed by atoms with Crippen LogP contribution in [0.2, 0.25) is 0 Å². The first-order valence-corrected chi connectivity index (χ1v) is 7.56. The van der Waals surface area contributed by atoms with Crippen molar-refractivity contribution < 1.29 is 4.21 Å². The average Bonchev–Trinajstić information content (AvgIpc) is 2.29. The molecule has 1 N–H and O–H groups in total. The summed E-state index contributed by atoms with van der Waals surface area (Å²) >= 11 is 3.37. The first-order valence-electron chi connectivity index (χ1n) is 5.44. The first kappa shape index (κ1) is 13.9. The van der Waals surface area contributed by atoms with Gasteiger partial charge in [0.05, 0.1) is 10.8 Å². The van der Waals surface area contributed by atoms with Crippen molar-refractivity contribution in [2.45, 2.75) is 30.7 Å². The largest absolute Gasteiger partial charge is 0.317 e. The summed E-state index contributed by atoms with van der Waals surface area (Å²) in [5.41, 5.74) is 0. The molecule has 0 amide bonds. The number of hydrogen-bond acceptors (Lipinski definition) is 2. The molecule has 1 aromatic carbocycles. The molecule has 16 heavy (non-hydrogen) atoms. The Balaban J connectivity index is 2.38. The van der Waals surface area contributed by atoms with Crippen molar-refractivity contribution in [3.63, 3.8) is 0 Å². The fraction of sp³-hybridized carbons (Fsp3) is 0.500. The highest BCUT2D eigenvalue weighted by Gasteiger charge is 2.04. The first-order chi connectivity index (χ1) is 7.63. The summed E-state index contributed by atoms with van der Waals surface area (Å²) in [5, 5.41) is 3.18. The Hall–Kier alpha value is -0.190. The molecule has 4 heteroatoms. The number of rotatable bonds is 6. The summed E-state index contributed by atoms with van der Waals surface area (Å²) in [5.74, 6) is 0.744. The molecular formula is C12H18BrNOS. The van der Waals surface area contributed by atoms with Crippen molar-refractivity contribution in [3.8, 4) is 0 Å². The number of benzene rings is 1. The number of nitrogens with one attached hydrogen (secondary N) is 1. The van der Waals surface area contributed by atoms with Crippen LogP contribution in [0.25, 0.3) is 0 Å². The maximum atomic E-state index is 11.9. The number of halogens is 1. The second kappa shape index (κ2) is 7.20. The predicted octanol–water partition coefficient (Wildman–Crippen LogP) is 2.94. The van der Waals surface area contributed by atoms with Gasteiger partial charge in [0.1, 0.15) is 0 Å². The molecule has 2 unspecified atom stereocenters. The Bertz CT molecular complexity index is 339. The van der Waals surface area contributed by atoms with E-state index in [2.05, 4.69) is 28.2 Å². The molecule has 0 aromatic heterocycles. The molecule has 0 saturated heterocycles. The minimum Gasteiger partial charge on any atom is -0.317 e. The zero-order valence-electron chi connectivity index (χ0n) is 9.70. The fourth-order valence-electron chi connectivity index (χ4n) is 1.37. The molecule has 0 aliphatic rings. The molecule has 0 fully saturated rings. The van der Waals surface area contributed by atoms with Gasteiger partial charge in [-0.15, -0.1) is 0 Å². The van der Waals surface area contributed by atoms with Crippen LogP contribution in [-0.2, 0) is 10.8 Å². The van der Waals surface area contributed by atoms with Crippen LogP contribution in [0.3, 0.4) is 0 Å². The molecule has 0 aliphatic carbocycles. The standard InChI is InChI=1S/C12H18BrNOS/c1-10(14-2)4-3-9-16(15)12-7-5-11(13)6-8-12/h5-8,10,14H,3-4,9H2,1-2H3. The lowest BCUT2D eigenvalue weighted by Gasteiger charge is -2.09. The van der Waals surface area contributed by atoms with Gasteiger partial charge in [-0.3, -0.25) is 4.21 Å². The van der Waals surface area contributed by atoms with Gasteiger partial charge >= 0.3 is 0 Å². The fourth-order valence-corrected chi connectivity index (χ4v) is 2.74.